The van der Waals surface area contributed by atoms with Gasteiger partial charge in [0.2, 0.25) is 0 Å². The van der Waals surface area contributed by atoms with Crippen LogP contribution in [-0.4, -0.2) is 37.4 Å². The highest BCUT2D eigenvalue weighted by Gasteiger charge is 2.33. The van der Waals surface area contributed by atoms with Gasteiger partial charge in [0.1, 0.15) is 18.8 Å². The van der Waals surface area contributed by atoms with Gasteiger partial charge in [0.15, 0.2) is 0 Å². The molecule has 2 aromatic rings. The van der Waals surface area contributed by atoms with Crippen LogP contribution in [0.25, 0.3) is 0 Å². The maximum Gasteiger partial charge on any atom is 0.338 e. The van der Waals surface area contributed by atoms with Crippen LogP contribution in [0.4, 0.5) is 0 Å². The molecule has 3 rings (SSSR count). The minimum Gasteiger partial charge on any atom is -0.459 e. The first-order valence-corrected chi connectivity index (χ1v) is 8.79. The van der Waals surface area contributed by atoms with E-state index in [1.54, 1.807) is 48.5 Å². The molecule has 2 atom stereocenters. The number of hydrogen-bond donors (Lipinski definition) is 0. The molecule has 0 saturated carbocycles. The van der Waals surface area contributed by atoms with E-state index in [0.29, 0.717) is 34.2 Å². The maximum atomic E-state index is 12.2. The van der Waals surface area contributed by atoms with Crippen molar-refractivity contribution in [2.75, 3.05) is 13.2 Å². The normalized spacial score (nSPS) is 19.2. The summed E-state index contributed by atoms with van der Waals surface area (Å²) in [7, 11) is 0. The largest absolute Gasteiger partial charge is 0.459 e. The van der Waals surface area contributed by atoms with Crippen molar-refractivity contribution >= 4 is 35.1 Å². The van der Waals surface area contributed by atoms with Gasteiger partial charge >= 0.3 is 11.9 Å². The fourth-order valence-corrected chi connectivity index (χ4v) is 2.79. The van der Waals surface area contributed by atoms with Crippen LogP contribution in [0, 0.1) is 0 Å². The van der Waals surface area contributed by atoms with E-state index in [9.17, 15) is 9.59 Å². The minimum absolute atomic E-state index is 0.0000241. The van der Waals surface area contributed by atoms with E-state index in [2.05, 4.69) is 0 Å². The number of carbonyl (C=O) groups excluding carboxylic acids is 2. The first-order chi connectivity index (χ1) is 12.5. The van der Waals surface area contributed by atoms with Gasteiger partial charge in [-0.05, 0) is 48.5 Å². The Bertz CT molecular complexity index is 774. The Labute approximate surface area is 160 Å². The van der Waals surface area contributed by atoms with Crippen LogP contribution in [0.15, 0.2) is 48.5 Å². The highest BCUT2D eigenvalue weighted by atomic mass is 35.5. The van der Waals surface area contributed by atoms with Crippen molar-refractivity contribution < 1.29 is 23.8 Å². The molecule has 1 aliphatic rings. The Balaban J connectivity index is 1.54. The fourth-order valence-electron chi connectivity index (χ4n) is 2.54. The number of rotatable bonds is 5. The molecule has 1 fully saturated rings. The SMILES string of the molecule is O=C(OC[C@H]1OCCC1OC(=O)c1ccc(Cl)cc1)c1ccc(Cl)cc1. The Hall–Kier alpha value is -2.08. The van der Waals surface area contributed by atoms with Crippen LogP contribution in [0.3, 0.4) is 0 Å². The molecular weight excluding hydrogens is 379 g/mol. The predicted molar refractivity (Wildman–Crippen MR) is 96.7 cm³/mol. The molecular formula is C19H16Cl2O5. The zero-order chi connectivity index (χ0) is 18.5. The summed E-state index contributed by atoms with van der Waals surface area (Å²) in [6.07, 6.45) is -0.429. The van der Waals surface area contributed by atoms with Crippen LogP contribution >= 0.6 is 23.2 Å². The monoisotopic (exact) mass is 394 g/mol. The highest BCUT2D eigenvalue weighted by Crippen LogP contribution is 2.20. The summed E-state index contributed by atoms with van der Waals surface area (Å²) in [5.41, 5.74) is 0.792. The lowest BCUT2D eigenvalue weighted by Crippen LogP contribution is -2.32. The Kier molecular flexibility index (Phi) is 6.14. The third-order valence-electron chi connectivity index (χ3n) is 3.95. The Morgan fingerprint density at radius 3 is 2.04 bits per heavy atom. The van der Waals surface area contributed by atoms with Gasteiger partial charge in [-0.15, -0.1) is 0 Å². The quantitative estimate of drug-likeness (QED) is 0.712. The van der Waals surface area contributed by atoms with Gasteiger partial charge in [-0.25, -0.2) is 9.59 Å². The van der Waals surface area contributed by atoms with Gasteiger partial charge in [-0.3, -0.25) is 0 Å². The van der Waals surface area contributed by atoms with Crippen molar-refractivity contribution in [2.24, 2.45) is 0 Å². The molecule has 0 N–H and O–H groups in total. The Morgan fingerprint density at radius 1 is 0.923 bits per heavy atom. The molecule has 1 aliphatic heterocycles. The second-order valence-corrected chi connectivity index (χ2v) is 6.63. The molecule has 1 heterocycles. The molecule has 0 aromatic heterocycles. The first-order valence-electron chi connectivity index (χ1n) is 8.04. The topological polar surface area (TPSA) is 61.8 Å². The second-order valence-electron chi connectivity index (χ2n) is 5.75. The molecule has 5 nitrogen and oxygen atoms in total. The van der Waals surface area contributed by atoms with E-state index in [4.69, 9.17) is 37.4 Å². The average molecular weight is 395 g/mol. The lowest BCUT2D eigenvalue weighted by molar-refractivity contribution is -0.0282. The summed E-state index contributed by atoms with van der Waals surface area (Å²) in [5.74, 6) is -0.953. The van der Waals surface area contributed by atoms with Crippen molar-refractivity contribution in [3.63, 3.8) is 0 Å². The minimum atomic E-state index is -0.498. The van der Waals surface area contributed by atoms with Gasteiger partial charge in [0.05, 0.1) is 17.7 Å². The molecule has 26 heavy (non-hydrogen) atoms. The molecule has 0 aliphatic carbocycles. The summed E-state index contributed by atoms with van der Waals surface area (Å²) >= 11 is 11.6. The summed E-state index contributed by atoms with van der Waals surface area (Å²) in [4.78, 5) is 24.3. The molecule has 2 aromatic carbocycles. The maximum absolute atomic E-state index is 12.2. The number of carbonyl (C=O) groups is 2. The predicted octanol–water partition coefficient (Wildman–Crippen LogP) is 4.16. The zero-order valence-electron chi connectivity index (χ0n) is 13.7. The van der Waals surface area contributed by atoms with Gasteiger partial charge in [-0.2, -0.15) is 0 Å². The van der Waals surface area contributed by atoms with Crippen LogP contribution in [0.2, 0.25) is 10.0 Å². The number of ether oxygens (including phenoxy) is 3. The van der Waals surface area contributed by atoms with Crippen molar-refractivity contribution in [2.45, 2.75) is 18.6 Å². The van der Waals surface area contributed by atoms with Crippen molar-refractivity contribution in [1.82, 2.24) is 0 Å². The average Bonchev–Trinajstić information content (AvgIpc) is 3.08. The van der Waals surface area contributed by atoms with E-state index in [-0.39, 0.29) is 6.61 Å². The highest BCUT2D eigenvalue weighted by molar-refractivity contribution is 6.30. The van der Waals surface area contributed by atoms with Crippen molar-refractivity contribution in [3.05, 3.63) is 69.7 Å². The van der Waals surface area contributed by atoms with Gasteiger partial charge in [-0.1, -0.05) is 23.2 Å². The number of esters is 2. The van der Waals surface area contributed by atoms with E-state index in [0.717, 1.165) is 0 Å². The van der Waals surface area contributed by atoms with Gasteiger partial charge < -0.3 is 14.2 Å². The molecule has 0 amide bonds. The molecule has 1 unspecified atom stereocenters. The number of benzene rings is 2. The molecule has 0 bridgehead atoms. The van der Waals surface area contributed by atoms with Crippen molar-refractivity contribution in [1.29, 1.82) is 0 Å². The fraction of sp³-hybridized carbons (Fsp3) is 0.263. The Morgan fingerprint density at radius 2 is 1.46 bits per heavy atom. The standard InChI is InChI=1S/C19H16Cl2O5/c20-14-5-1-12(2-6-14)18(22)25-11-17-16(9-10-24-17)26-19(23)13-3-7-15(21)8-4-13/h1-8,16-17H,9-11H2/t16?,17-/m1/s1. The van der Waals surface area contributed by atoms with Crippen LogP contribution in [-0.2, 0) is 14.2 Å². The second kappa shape index (κ2) is 8.54. The first kappa shape index (κ1) is 18.7. The smallest absolute Gasteiger partial charge is 0.338 e. The van der Waals surface area contributed by atoms with Crippen molar-refractivity contribution in [3.8, 4) is 0 Å². The van der Waals surface area contributed by atoms with Crippen LogP contribution in [0.5, 0.6) is 0 Å². The summed E-state index contributed by atoms with van der Waals surface area (Å²) in [6.45, 7) is 0.432. The molecule has 7 heteroatoms. The van der Waals surface area contributed by atoms with Gasteiger partial charge in [0, 0.05) is 16.5 Å². The molecule has 1 saturated heterocycles. The third-order valence-corrected chi connectivity index (χ3v) is 4.45. The summed E-state index contributed by atoms with van der Waals surface area (Å²) in [5, 5.41) is 1.08. The molecule has 0 radical (unpaired) electrons. The number of halogens is 2. The third kappa shape index (κ3) is 4.75. The zero-order valence-corrected chi connectivity index (χ0v) is 15.2. The van der Waals surface area contributed by atoms with Crippen LogP contribution in [0.1, 0.15) is 27.1 Å². The van der Waals surface area contributed by atoms with E-state index >= 15 is 0 Å². The number of hydrogen-bond acceptors (Lipinski definition) is 5. The summed E-state index contributed by atoms with van der Waals surface area (Å²) < 4.78 is 16.3. The summed E-state index contributed by atoms with van der Waals surface area (Å²) in [6, 6.07) is 12.8. The lowest BCUT2D eigenvalue weighted by atomic mass is 10.2. The van der Waals surface area contributed by atoms with Crippen LogP contribution < -0.4 is 0 Å². The molecule has 0 spiro atoms. The van der Waals surface area contributed by atoms with E-state index in [1.165, 1.54) is 0 Å². The lowest BCUT2D eigenvalue weighted by Gasteiger charge is -2.19. The molecule has 136 valence electrons. The van der Waals surface area contributed by atoms with E-state index < -0.39 is 24.1 Å². The van der Waals surface area contributed by atoms with E-state index in [1.807, 2.05) is 0 Å². The van der Waals surface area contributed by atoms with Gasteiger partial charge in [0.25, 0.3) is 0 Å².